The van der Waals surface area contributed by atoms with Crippen LogP contribution in [0.25, 0.3) is 0 Å². The molecule has 0 atom stereocenters. The third kappa shape index (κ3) is 4.69. The number of primary amides is 1. The first-order valence-corrected chi connectivity index (χ1v) is 12.5. The molecule has 0 radical (unpaired) electrons. The van der Waals surface area contributed by atoms with Crippen LogP contribution in [0.1, 0.15) is 64.9 Å². The van der Waals surface area contributed by atoms with E-state index in [2.05, 4.69) is 59.6 Å². The summed E-state index contributed by atoms with van der Waals surface area (Å²) in [5, 5.41) is 0. The number of rotatable bonds is 4. The molecule has 4 rings (SSSR count). The van der Waals surface area contributed by atoms with Gasteiger partial charge in [0.05, 0.1) is 8.95 Å². The Morgan fingerprint density at radius 1 is 0.970 bits per heavy atom. The van der Waals surface area contributed by atoms with Crippen LogP contribution in [0.3, 0.4) is 0 Å². The van der Waals surface area contributed by atoms with Crippen molar-refractivity contribution in [3.05, 3.63) is 49.3 Å². The summed E-state index contributed by atoms with van der Waals surface area (Å²) in [6.07, 6.45) is 2.07. The van der Waals surface area contributed by atoms with Crippen molar-refractivity contribution in [1.29, 1.82) is 0 Å². The van der Waals surface area contributed by atoms with Gasteiger partial charge >= 0.3 is 0 Å². The molecule has 6 nitrogen and oxygen atoms in total. The highest BCUT2D eigenvalue weighted by atomic mass is 79.9. The summed E-state index contributed by atoms with van der Waals surface area (Å²) in [7, 11) is 0. The average Bonchev–Trinajstić information content (AvgIpc) is 2.63. The second-order valence-electron chi connectivity index (χ2n) is 10.7. The molecule has 0 bridgehead atoms. The zero-order valence-electron chi connectivity index (χ0n) is 19.1. The van der Waals surface area contributed by atoms with Crippen molar-refractivity contribution in [3.63, 3.8) is 0 Å². The molecule has 0 saturated carbocycles. The van der Waals surface area contributed by atoms with Gasteiger partial charge in [-0.3, -0.25) is 14.4 Å². The molecule has 3 aliphatic rings. The number of Topliss-reactive ketones (excluding diaryl/α,β-unsaturated/α-hetero) is 2. The lowest BCUT2D eigenvalue weighted by Gasteiger charge is -2.42. The first-order chi connectivity index (χ1) is 15.3. The van der Waals surface area contributed by atoms with Crippen molar-refractivity contribution < 1.29 is 23.9 Å². The second kappa shape index (κ2) is 8.38. The number of hydrogen-bond donors (Lipinski definition) is 1. The highest BCUT2D eigenvalue weighted by Crippen LogP contribution is 2.54. The quantitative estimate of drug-likeness (QED) is 0.509. The predicted octanol–water partition coefficient (Wildman–Crippen LogP) is 5.48. The van der Waals surface area contributed by atoms with E-state index in [4.69, 9.17) is 15.2 Å². The summed E-state index contributed by atoms with van der Waals surface area (Å²) in [4.78, 5) is 37.9. The second-order valence-corrected chi connectivity index (χ2v) is 12.4. The molecule has 0 unspecified atom stereocenters. The number of carbonyl (C=O) groups excluding carboxylic acids is 3. The Balaban J connectivity index is 1.87. The van der Waals surface area contributed by atoms with Gasteiger partial charge in [-0.05, 0) is 60.4 Å². The third-order valence-electron chi connectivity index (χ3n) is 6.29. The summed E-state index contributed by atoms with van der Waals surface area (Å²) >= 11 is 7.03. The zero-order chi connectivity index (χ0) is 24.3. The monoisotopic (exact) mass is 579 g/mol. The number of hydrogen-bond acceptors (Lipinski definition) is 5. The number of halogens is 2. The highest BCUT2D eigenvalue weighted by molar-refractivity contribution is 9.11. The topological polar surface area (TPSA) is 95.7 Å². The molecule has 2 aliphatic carbocycles. The van der Waals surface area contributed by atoms with E-state index in [0.717, 1.165) is 5.56 Å². The Bertz CT molecular complexity index is 1070. The van der Waals surface area contributed by atoms with Crippen LogP contribution in [-0.2, 0) is 19.1 Å². The molecule has 2 N–H and O–H groups in total. The first-order valence-electron chi connectivity index (χ1n) is 10.9. The minimum Gasteiger partial charge on any atom is -0.481 e. The molecule has 0 fully saturated rings. The van der Waals surface area contributed by atoms with Gasteiger partial charge in [0.25, 0.3) is 5.91 Å². The van der Waals surface area contributed by atoms with Gasteiger partial charge in [-0.15, -0.1) is 0 Å². The predicted molar refractivity (Wildman–Crippen MR) is 130 cm³/mol. The molecular formula is C25H27Br2NO5. The number of benzene rings is 1. The van der Waals surface area contributed by atoms with Crippen molar-refractivity contribution in [2.75, 3.05) is 6.61 Å². The lowest BCUT2D eigenvalue weighted by atomic mass is 9.65. The molecule has 1 amide bonds. The van der Waals surface area contributed by atoms with E-state index < -0.39 is 11.8 Å². The number of allylic oxidation sites excluding steroid dienone is 4. The fourth-order valence-corrected chi connectivity index (χ4v) is 6.49. The fraction of sp³-hybridized carbons (Fsp3) is 0.480. The van der Waals surface area contributed by atoms with Gasteiger partial charge in [0.1, 0.15) is 17.3 Å². The molecule has 176 valence electrons. The van der Waals surface area contributed by atoms with Crippen molar-refractivity contribution in [2.45, 2.75) is 59.3 Å². The molecule has 1 aromatic carbocycles. The van der Waals surface area contributed by atoms with Gasteiger partial charge in [0, 0.05) is 42.7 Å². The molecule has 33 heavy (non-hydrogen) atoms. The molecule has 1 aromatic rings. The Hall–Kier alpha value is -1.93. The maximum Gasteiger partial charge on any atom is 0.255 e. The van der Waals surface area contributed by atoms with Crippen molar-refractivity contribution in [3.8, 4) is 5.75 Å². The van der Waals surface area contributed by atoms with Crippen LogP contribution in [0.4, 0.5) is 0 Å². The molecule has 1 heterocycles. The molecule has 0 aromatic heterocycles. The smallest absolute Gasteiger partial charge is 0.255 e. The minimum absolute atomic E-state index is 0.0109. The van der Waals surface area contributed by atoms with Gasteiger partial charge in [-0.25, -0.2) is 0 Å². The van der Waals surface area contributed by atoms with Gasteiger partial charge in [-0.1, -0.05) is 27.7 Å². The van der Waals surface area contributed by atoms with Crippen LogP contribution in [0.5, 0.6) is 5.75 Å². The van der Waals surface area contributed by atoms with Crippen LogP contribution in [0, 0.1) is 10.8 Å². The average molecular weight is 581 g/mol. The number of ether oxygens (including phenoxy) is 2. The Labute approximate surface area is 210 Å². The van der Waals surface area contributed by atoms with E-state index >= 15 is 0 Å². The number of nitrogens with two attached hydrogens (primary N) is 1. The maximum atomic E-state index is 13.4. The Morgan fingerprint density at radius 3 is 1.85 bits per heavy atom. The standard InChI is InChI=1S/C25H27Br2NO5/c1-24(2)7-15(29)21-17(9-24)33-18-10-25(3,4)8-16(30)22(18)20(21)12-5-13(26)23(14(27)6-12)32-11-19(28)31/h5-6,20H,7-11H2,1-4H3,(H2,28,31). The van der Waals surface area contributed by atoms with Crippen molar-refractivity contribution >= 4 is 49.3 Å². The van der Waals surface area contributed by atoms with E-state index in [1.165, 1.54) is 0 Å². The highest BCUT2D eigenvalue weighted by Gasteiger charge is 2.48. The van der Waals surface area contributed by atoms with E-state index in [0.29, 0.717) is 63.0 Å². The number of carbonyl (C=O) groups is 3. The summed E-state index contributed by atoms with van der Waals surface area (Å²) in [6.45, 7) is 7.98. The number of ketones is 2. The molecule has 0 saturated heterocycles. The fourth-order valence-electron chi connectivity index (χ4n) is 5.04. The van der Waals surface area contributed by atoms with Gasteiger partial charge in [0.2, 0.25) is 0 Å². The summed E-state index contributed by atoms with van der Waals surface area (Å²) in [5.74, 6) is 0.707. The van der Waals surface area contributed by atoms with Crippen LogP contribution >= 0.6 is 31.9 Å². The van der Waals surface area contributed by atoms with E-state index in [1.54, 1.807) is 0 Å². The molecule has 8 heteroatoms. The van der Waals surface area contributed by atoms with Crippen LogP contribution in [0.2, 0.25) is 0 Å². The van der Waals surface area contributed by atoms with Crippen LogP contribution in [0.15, 0.2) is 43.7 Å². The van der Waals surface area contributed by atoms with E-state index in [-0.39, 0.29) is 29.0 Å². The lowest BCUT2D eigenvalue weighted by Crippen LogP contribution is -2.37. The molecule has 0 spiro atoms. The Kier molecular flexibility index (Phi) is 6.15. The van der Waals surface area contributed by atoms with E-state index in [9.17, 15) is 14.4 Å². The normalized spacial score (nSPS) is 22.0. The van der Waals surface area contributed by atoms with Crippen LogP contribution < -0.4 is 10.5 Å². The zero-order valence-corrected chi connectivity index (χ0v) is 22.3. The van der Waals surface area contributed by atoms with Gasteiger partial charge in [0.15, 0.2) is 18.2 Å². The Morgan fingerprint density at radius 2 is 1.42 bits per heavy atom. The molecular weight excluding hydrogens is 554 g/mol. The van der Waals surface area contributed by atoms with Crippen molar-refractivity contribution in [2.24, 2.45) is 16.6 Å². The third-order valence-corrected chi connectivity index (χ3v) is 7.47. The number of amides is 1. The van der Waals surface area contributed by atoms with Crippen LogP contribution in [-0.4, -0.2) is 24.1 Å². The largest absolute Gasteiger partial charge is 0.481 e. The minimum atomic E-state index is -0.585. The van der Waals surface area contributed by atoms with E-state index in [1.807, 2.05) is 12.1 Å². The first kappa shape index (κ1) is 24.2. The van der Waals surface area contributed by atoms with Crippen molar-refractivity contribution in [1.82, 2.24) is 0 Å². The maximum absolute atomic E-state index is 13.4. The summed E-state index contributed by atoms with van der Waals surface area (Å²) in [6, 6.07) is 3.68. The summed E-state index contributed by atoms with van der Waals surface area (Å²) in [5.41, 5.74) is 6.73. The lowest BCUT2D eigenvalue weighted by molar-refractivity contribution is -0.121. The van der Waals surface area contributed by atoms with Gasteiger partial charge in [-0.2, -0.15) is 0 Å². The molecule has 1 aliphatic heterocycles. The SMILES string of the molecule is CC1(C)CC(=O)C2=C(C1)OC1=C(C(=O)CC(C)(C)C1)C2c1cc(Br)c(OCC(N)=O)c(Br)c1. The van der Waals surface area contributed by atoms with Gasteiger partial charge < -0.3 is 15.2 Å². The summed E-state index contributed by atoms with van der Waals surface area (Å²) < 4.78 is 13.0.